The van der Waals surface area contributed by atoms with Crippen LogP contribution in [-0.4, -0.2) is 60.9 Å². The maximum atomic E-state index is 12.4. The molecule has 0 unspecified atom stereocenters. The summed E-state index contributed by atoms with van der Waals surface area (Å²) < 4.78 is 15.7. The topological polar surface area (TPSA) is 90.0 Å². The highest BCUT2D eigenvalue weighted by atomic mass is 16.6. The molecule has 0 radical (unpaired) electrons. The van der Waals surface area contributed by atoms with Gasteiger partial charge in [-0.15, -0.1) is 0 Å². The number of pyridine rings is 1. The first-order valence-corrected chi connectivity index (χ1v) is 9.15. The van der Waals surface area contributed by atoms with E-state index in [9.17, 15) is 9.59 Å². The van der Waals surface area contributed by atoms with Crippen molar-refractivity contribution in [2.75, 3.05) is 38.7 Å². The fourth-order valence-electron chi connectivity index (χ4n) is 2.66. The molecule has 0 aromatic carbocycles. The third-order valence-electron chi connectivity index (χ3n) is 4.06. The molecule has 1 saturated heterocycles. The SMILES string of the molecule is COCCOc1ccc(NC(=O)C2CCN(C(=O)OC(C)(C)C)CC2)cn1. The van der Waals surface area contributed by atoms with E-state index in [1.54, 1.807) is 30.3 Å². The van der Waals surface area contributed by atoms with Crippen LogP contribution in [0.5, 0.6) is 5.88 Å². The minimum absolute atomic E-state index is 0.0614. The highest BCUT2D eigenvalue weighted by molar-refractivity contribution is 5.92. The van der Waals surface area contributed by atoms with Crippen LogP contribution in [-0.2, 0) is 14.3 Å². The van der Waals surface area contributed by atoms with Crippen LogP contribution >= 0.6 is 0 Å². The number of ether oxygens (including phenoxy) is 3. The van der Waals surface area contributed by atoms with E-state index in [1.165, 1.54) is 0 Å². The summed E-state index contributed by atoms with van der Waals surface area (Å²) in [4.78, 5) is 30.3. The van der Waals surface area contributed by atoms with Gasteiger partial charge in [-0.2, -0.15) is 0 Å². The Morgan fingerprint density at radius 2 is 1.93 bits per heavy atom. The van der Waals surface area contributed by atoms with Gasteiger partial charge in [0.1, 0.15) is 12.2 Å². The second kappa shape index (κ2) is 9.55. The Morgan fingerprint density at radius 1 is 1.22 bits per heavy atom. The van der Waals surface area contributed by atoms with E-state index in [-0.39, 0.29) is 17.9 Å². The van der Waals surface area contributed by atoms with Gasteiger partial charge < -0.3 is 24.4 Å². The number of rotatable bonds is 6. The Hall–Kier alpha value is -2.35. The molecule has 27 heavy (non-hydrogen) atoms. The second-order valence-electron chi connectivity index (χ2n) is 7.46. The molecule has 2 rings (SSSR count). The van der Waals surface area contributed by atoms with Crippen LogP contribution in [0.15, 0.2) is 18.3 Å². The second-order valence-corrected chi connectivity index (χ2v) is 7.46. The molecule has 0 saturated carbocycles. The Labute approximate surface area is 160 Å². The van der Waals surface area contributed by atoms with Crippen molar-refractivity contribution in [1.82, 2.24) is 9.88 Å². The van der Waals surface area contributed by atoms with Gasteiger partial charge in [0.15, 0.2) is 0 Å². The maximum absolute atomic E-state index is 12.4. The van der Waals surface area contributed by atoms with Gasteiger partial charge in [0.25, 0.3) is 0 Å². The Balaban J connectivity index is 1.78. The molecule has 8 heteroatoms. The fourth-order valence-corrected chi connectivity index (χ4v) is 2.66. The standard InChI is InChI=1S/C19H29N3O5/c1-19(2,3)27-18(24)22-9-7-14(8-10-22)17(23)21-15-5-6-16(20-13-15)26-12-11-25-4/h5-6,13-14H,7-12H2,1-4H3,(H,21,23). The molecule has 1 fully saturated rings. The quantitative estimate of drug-likeness (QED) is 0.765. The molecular weight excluding hydrogens is 350 g/mol. The van der Waals surface area contributed by atoms with E-state index in [0.717, 1.165) is 0 Å². The van der Waals surface area contributed by atoms with E-state index in [0.29, 0.717) is 50.7 Å². The molecule has 1 aromatic heterocycles. The largest absolute Gasteiger partial charge is 0.475 e. The zero-order valence-corrected chi connectivity index (χ0v) is 16.5. The molecule has 0 spiro atoms. The number of nitrogens with zero attached hydrogens (tertiary/aromatic N) is 2. The van der Waals surface area contributed by atoms with Gasteiger partial charge in [0, 0.05) is 32.2 Å². The highest BCUT2D eigenvalue weighted by Crippen LogP contribution is 2.21. The summed E-state index contributed by atoms with van der Waals surface area (Å²) >= 11 is 0. The van der Waals surface area contributed by atoms with Crippen molar-refractivity contribution < 1.29 is 23.8 Å². The van der Waals surface area contributed by atoms with Crippen molar-refractivity contribution >= 4 is 17.7 Å². The molecule has 0 bridgehead atoms. The van der Waals surface area contributed by atoms with Crippen molar-refractivity contribution in [2.45, 2.75) is 39.2 Å². The predicted octanol–water partition coefficient (Wildman–Crippen LogP) is 2.69. The Kier molecular flexibility index (Phi) is 7.41. The van der Waals surface area contributed by atoms with Gasteiger partial charge >= 0.3 is 6.09 Å². The predicted molar refractivity (Wildman–Crippen MR) is 101 cm³/mol. The van der Waals surface area contributed by atoms with Crippen molar-refractivity contribution in [3.63, 3.8) is 0 Å². The molecule has 2 heterocycles. The van der Waals surface area contributed by atoms with E-state index >= 15 is 0 Å². The van der Waals surface area contributed by atoms with Crippen molar-refractivity contribution in [3.8, 4) is 5.88 Å². The molecule has 1 N–H and O–H groups in total. The molecule has 8 nitrogen and oxygen atoms in total. The number of methoxy groups -OCH3 is 1. The number of aromatic nitrogens is 1. The van der Waals surface area contributed by atoms with E-state index in [1.807, 2.05) is 20.8 Å². The van der Waals surface area contributed by atoms with Crippen molar-refractivity contribution in [1.29, 1.82) is 0 Å². The molecule has 1 aliphatic rings. The molecule has 1 aliphatic heterocycles. The van der Waals surface area contributed by atoms with Crippen LogP contribution in [0, 0.1) is 5.92 Å². The lowest BCUT2D eigenvalue weighted by atomic mass is 9.96. The molecule has 2 amide bonds. The number of amides is 2. The summed E-state index contributed by atoms with van der Waals surface area (Å²) in [5, 5.41) is 2.87. The number of anilines is 1. The van der Waals surface area contributed by atoms with Gasteiger partial charge in [-0.05, 0) is 39.7 Å². The van der Waals surface area contributed by atoms with Gasteiger partial charge in [0.05, 0.1) is 18.5 Å². The first-order chi connectivity index (χ1) is 12.8. The Morgan fingerprint density at radius 3 is 2.48 bits per heavy atom. The lowest BCUT2D eigenvalue weighted by molar-refractivity contribution is -0.121. The fraction of sp³-hybridized carbons (Fsp3) is 0.632. The van der Waals surface area contributed by atoms with Crippen LogP contribution in [0.2, 0.25) is 0 Å². The summed E-state index contributed by atoms with van der Waals surface area (Å²) in [6.45, 7) is 7.45. The van der Waals surface area contributed by atoms with Crippen LogP contribution in [0.25, 0.3) is 0 Å². The number of nitrogens with one attached hydrogen (secondary N) is 1. The van der Waals surface area contributed by atoms with Gasteiger partial charge in [-0.1, -0.05) is 0 Å². The van der Waals surface area contributed by atoms with Gasteiger partial charge in [0.2, 0.25) is 11.8 Å². The molecule has 150 valence electrons. The third kappa shape index (κ3) is 7.05. The summed E-state index contributed by atoms with van der Waals surface area (Å²) in [5.41, 5.74) is 0.103. The van der Waals surface area contributed by atoms with E-state index < -0.39 is 5.60 Å². The van der Waals surface area contributed by atoms with Crippen LogP contribution in [0.4, 0.5) is 10.5 Å². The number of hydrogen-bond acceptors (Lipinski definition) is 6. The molecule has 1 aromatic rings. The maximum Gasteiger partial charge on any atom is 0.410 e. The normalized spacial score (nSPS) is 15.3. The monoisotopic (exact) mass is 379 g/mol. The van der Waals surface area contributed by atoms with Crippen molar-refractivity contribution in [2.24, 2.45) is 5.92 Å². The average Bonchev–Trinajstić information content (AvgIpc) is 2.62. The summed E-state index contributed by atoms with van der Waals surface area (Å²) in [6, 6.07) is 3.46. The zero-order valence-electron chi connectivity index (χ0n) is 16.5. The Bertz CT molecular complexity index is 619. The van der Waals surface area contributed by atoms with Crippen molar-refractivity contribution in [3.05, 3.63) is 18.3 Å². The summed E-state index contributed by atoms with van der Waals surface area (Å²) in [6.07, 6.45) is 2.46. The first kappa shape index (κ1) is 21.0. The van der Waals surface area contributed by atoms with Crippen LogP contribution < -0.4 is 10.1 Å². The van der Waals surface area contributed by atoms with E-state index in [4.69, 9.17) is 14.2 Å². The lowest BCUT2D eigenvalue weighted by Gasteiger charge is -2.32. The number of carbonyl (C=O) groups excluding carboxylic acids is 2. The summed E-state index contributed by atoms with van der Waals surface area (Å²) in [7, 11) is 1.60. The zero-order chi connectivity index (χ0) is 19.9. The number of hydrogen-bond donors (Lipinski definition) is 1. The molecule has 0 aliphatic carbocycles. The van der Waals surface area contributed by atoms with Gasteiger partial charge in [-0.25, -0.2) is 9.78 Å². The minimum atomic E-state index is -0.516. The minimum Gasteiger partial charge on any atom is -0.475 e. The highest BCUT2D eigenvalue weighted by Gasteiger charge is 2.29. The van der Waals surface area contributed by atoms with E-state index in [2.05, 4.69) is 10.3 Å². The molecular formula is C19H29N3O5. The lowest BCUT2D eigenvalue weighted by Crippen LogP contribution is -2.43. The number of piperidine rings is 1. The molecule has 0 atom stereocenters. The average molecular weight is 379 g/mol. The smallest absolute Gasteiger partial charge is 0.410 e. The van der Waals surface area contributed by atoms with Crippen LogP contribution in [0.1, 0.15) is 33.6 Å². The van der Waals surface area contributed by atoms with Crippen LogP contribution in [0.3, 0.4) is 0 Å². The van der Waals surface area contributed by atoms with Gasteiger partial charge in [-0.3, -0.25) is 4.79 Å². The first-order valence-electron chi connectivity index (χ1n) is 9.15. The third-order valence-corrected chi connectivity index (χ3v) is 4.06. The number of likely N-dealkylation sites (tertiary alicyclic amines) is 1. The summed E-state index contributed by atoms with van der Waals surface area (Å²) in [5.74, 6) is 0.283. The number of carbonyl (C=O) groups is 2.